The highest BCUT2D eigenvalue weighted by atomic mass is 32.1. The Morgan fingerprint density at radius 3 is 2.35 bits per heavy atom. The molecule has 0 fully saturated rings. The summed E-state index contributed by atoms with van der Waals surface area (Å²) in [6.07, 6.45) is 1.23. The lowest BCUT2D eigenvalue weighted by atomic mass is 10.2. The van der Waals surface area contributed by atoms with Gasteiger partial charge in [-0.1, -0.05) is 25.6 Å². The first-order valence-corrected chi connectivity index (χ1v) is 8.08. The average molecular weight is 348 g/mol. The molecule has 23 heavy (non-hydrogen) atoms. The molecule has 0 spiro atoms. The number of carbonyl (C=O) groups is 2. The molecule has 7 nitrogen and oxygen atoms in total. The highest BCUT2D eigenvalue weighted by Crippen LogP contribution is 2.06. The van der Waals surface area contributed by atoms with E-state index in [9.17, 15) is 14.7 Å². The van der Waals surface area contributed by atoms with E-state index < -0.39 is 29.7 Å². The number of amides is 1. The van der Waals surface area contributed by atoms with Crippen molar-refractivity contribution < 1.29 is 24.2 Å². The van der Waals surface area contributed by atoms with E-state index in [2.05, 4.69) is 10.6 Å². The maximum absolute atomic E-state index is 11.7. The summed E-state index contributed by atoms with van der Waals surface area (Å²) < 4.78 is 10.4. The topological polar surface area (TPSA) is 96.9 Å². The van der Waals surface area contributed by atoms with Crippen LogP contribution in [0.5, 0.6) is 0 Å². The quantitative estimate of drug-likeness (QED) is 0.433. The number of hydrogen-bond acceptors (Lipinski definition) is 5. The summed E-state index contributed by atoms with van der Waals surface area (Å²) in [5, 5.41) is 14.4. The molecule has 0 saturated carbocycles. The summed E-state index contributed by atoms with van der Waals surface area (Å²) in [6.45, 7) is 9.44. The normalized spacial score (nSPS) is 13.8. The lowest BCUT2D eigenvalue weighted by Crippen LogP contribution is -2.51. The van der Waals surface area contributed by atoms with Gasteiger partial charge in [-0.15, -0.1) is 0 Å². The minimum absolute atomic E-state index is 0.00856. The van der Waals surface area contributed by atoms with Crippen molar-refractivity contribution in [2.45, 2.75) is 65.1 Å². The van der Waals surface area contributed by atoms with Crippen LogP contribution in [-0.4, -0.2) is 53.1 Å². The third kappa shape index (κ3) is 10.9. The van der Waals surface area contributed by atoms with Crippen LogP contribution < -0.4 is 10.6 Å². The molecule has 0 aromatic rings. The first-order chi connectivity index (χ1) is 10.6. The Kier molecular flexibility index (Phi) is 9.74. The third-order valence-corrected chi connectivity index (χ3v) is 3.14. The van der Waals surface area contributed by atoms with Gasteiger partial charge in [-0.3, -0.25) is 0 Å². The lowest BCUT2D eigenvalue weighted by Gasteiger charge is -2.24. The SMILES string of the molecule is CCCCOC[C@H](NC(=S)[C@H](C)NC(=O)OC(C)(C)C)C(=O)O. The average Bonchev–Trinajstić information content (AvgIpc) is 2.39. The predicted molar refractivity (Wildman–Crippen MR) is 91.7 cm³/mol. The summed E-state index contributed by atoms with van der Waals surface area (Å²) in [5.41, 5.74) is -0.616. The van der Waals surface area contributed by atoms with Gasteiger partial charge in [-0.2, -0.15) is 0 Å². The maximum atomic E-state index is 11.7. The molecule has 0 unspecified atom stereocenters. The van der Waals surface area contributed by atoms with Crippen molar-refractivity contribution in [1.29, 1.82) is 0 Å². The van der Waals surface area contributed by atoms with Gasteiger partial charge in [0.05, 0.1) is 17.6 Å². The number of carboxylic acid groups (broad SMARTS) is 1. The second-order valence-corrected chi connectivity index (χ2v) is 6.64. The monoisotopic (exact) mass is 348 g/mol. The van der Waals surface area contributed by atoms with Crippen molar-refractivity contribution in [2.24, 2.45) is 0 Å². The van der Waals surface area contributed by atoms with E-state index in [0.717, 1.165) is 12.8 Å². The highest BCUT2D eigenvalue weighted by molar-refractivity contribution is 7.80. The van der Waals surface area contributed by atoms with Gasteiger partial charge < -0.3 is 25.2 Å². The molecule has 8 heteroatoms. The van der Waals surface area contributed by atoms with E-state index in [-0.39, 0.29) is 11.6 Å². The van der Waals surface area contributed by atoms with Crippen LogP contribution in [0.25, 0.3) is 0 Å². The van der Waals surface area contributed by atoms with E-state index in [4.69, 9.17) is 21.7 Å². The molecule has 134 valence electrons. The van der Waals surface area contributed by atoms with Crippen molar-refractivity contribution >= 4 is 29.3 Å². The summed E-state index contributed by atoms with van der Waals surface area (Å²) in [4.78, 5) is 23.1. The predicted octanol–water partition coefficient (Wildman–Crippen LogP) is 2.09. The molecule has 0 saturated heterocycles. The van der Waals surface area contributed by atoms with Crippen LogP contribution >= 0.6 is 12.2 Å². The van der Waals surface area contributed by atoms with Gasteiger partial charge in [-0.05, 0) is 34.1 Å². The Hall–Kier alpha value is -1.41. The van der Waals surface area contributed by atoms with Crippen molar-refractivity contribution in [1.82, 2.24) is 10.6 Å². The second kappa shape index (κ2) is 10.4. The third-order valence-electron chi connectivity index (χ3n) is 2.67. The van der Waals surface area contributed by atoms with Crippen LogP contribution in [0.4, 0.5) is 4.79 Å². The van der Waals surface area contributed by atoms with E-state index >= 15 is 0 Å². The molecule has 0 aliphatic heterocycles. The van der Waals surface area contributed by atoms with E-state index in [1.165, 1.54) is 0 Å². The van der Waals surface area contributed by atoms with Crippen molar-refractivity contribution in [2.75, 3.05) is 13.2 Å². The Labute approximate surface area is 143 Å². The molecule has 0 aromatic carbocycles. The summed E-state index contributed by atoms with van der Waals surface area (Å²) >= 11 is 5.13. The smallest absolute Gasteiger partial charge is 0.408 e. The van der Waals surface area contributed by atoms with Gasteiger partial charge in [0.25, 0.3) is 0 Å². The molecule has 0 bridgehead atoms. The van der Waals surface area contributed by atoms with Gasteiger partial charge in [0, 0.05) is 6.61 Å². The number of unbranched alkanes of at least 4 members (excludes halogenated alkanes) is 1. The highest BCUT2D eigenvalue weighted by Gasteiger charge is 2.23. The van der Waals surface area contributed by atoms with Crippen LogP contribution in [-0.2, 0) is 14.3 Å². The number of rotatable bonds is 9. The largest absolute Gasteiger partial charge is 0.480 e. The zero-order valence-electron chi connectivity index (χ0n) is 14.5. The number of carbonyl (C=O) groups excluding carboxylic acids is 1. The van der Waals surface area contributed by atoms with Crippen molar-refractivity contribution in [3.05, 3.63) is 0 Å². The number of hydrogen-bond donors (Lipinski definition) is 3. The molecular weight excluding hydrogens is 320 g/mol. The van der Waals surface area contributed by atoms with Gasteiger partial charge in [0.1, 0.15) is 11.6 Å². The van der Waals surface area contributed by atoms with E-state index in [0.29, 0.717) is 6.61 Å². The molecule has 0 aromatic heterocycles. The molecule has 0 heterocycles. The Balaban J connectivity index is 4.38. The minimum Gasteiger partial charge on any atom is -0.480 e. The van der Waals surface area contributed by atoms with E-state index in [1.807, 2.05) is 6.92 Å². The van der Waals surface area contributed by atoms with Gasteiger partial charge >= 0.3 is 12.1 Å². The van der Waals surface area contributed by atoms with Crippen molar-refractivity contribution in [3.63, 3.8) is 0 Å². The number of alkyl carbamates (subject to hydrolysis) is 1. The standard InChI is InChI=1S/C15H28N2O5S/c1-6-7-8-21-9-11(13(18)19)17-12(23)10(2)16-14(20)22-15(3,4)5/h10-11H,6-9H2,1-5H3,(H,16,20)(H,17,23)(H,18,19)/t10-,11-/m0/s1. The molecular formula is C15H28N2O5S. The molecule has 0 aliphatic carbocycles. The molecule has 0 rings (SSSR count). The number of aliphatic carboxylic acids is 1. The van der Waals surface area contributed by atoms with E-state index in [1.54, 1.807) is 27.7 Å². The van der Waals surface area contributed by atoms with Crippen LogP contribution in [0.3, 0.4) is 0 Å². The van der Waals surface area contributed by atoms with Crippen LogP contribution in [0.2, 0.25) is 0 Å². The fraction of sp³-hybridized carbons (Fsp3) is 0.800. The Morgan fingerprint density at radius 2 is 1.87 bits per heavy atom. The number of thiocarbonyl (C=S) groups is 1. The number of ether oxygens (including phenoxy) is 2. The Bertz CT molecular complexity index is 409. The fourth-order valence-electron chi connectivity index (χ4n) is 1.47. The lowest BCUT2D eigenvalue weighted by molar-refractivity contribution is -0.140. The summed E-state index contributed by atoms with van der Waals surface area (Å²) in [5.74, 6) is -1.06. The summed E-state index contributed by atoms with van der Waals surface area (Å²) in [7, 11) is 0. The van der Waals surface area contributed by atoms with Gasteiger partial charge in [-0.25, -0.2) is 9.59 Å². The Morgan fingerprint density at radius 1 is 1.26 bits per heavy atom. The molecule has 3 N–H and O–H groups in total. The van der Waals surface area contributed by atoms with Gasteiger partial charge in [0.15, 0.2) is 0 Å². The fourth-order valence-corrected chi connectivity index (χ4v) is 1.67. The molecule has 1 amide bonds. The van der Waals surface area contributed by atoms with Crippen LogP contribution in [0, 0.1) is 0 Å². The van der Waals surface area contributed by atoms with Crippen LogP contribution in [0.1, 0.15) is 47.5 Å². The van der Waals surface area contributed by atoms with Gasteiger partial charge in [0.2, 0.25) is 0 Å². The first-order valence-electron chi connectivity index (χ1n) is 7.67. The zero-order valence-corrected chi connectivity index (χ0v) is 15.3. The zero-order chi connectivity index (χ0) is 18.0. The maximum Gasteiger partial charge on any atom is 0.408 e. The van der Waals surface area contributed by atoms with Crippen molar-refractivity contribution in [3.8, 4) is 0 Å². The molecule has 0 radical (unpaired) electrons. The molecule has 2 atom stereocenters. The first kappa shape index (κ1) is 21.6. The number of nitrogens with one attached hydrogen (secondary N) is 2. The molecule has 0 aliphatic rings. The minimum atomic E-state index is -1.06. The van der Waals surface area contributed by atoms with Crippen LogP contribution in [0.15, 0.2) is 0 Å². The summed E-state index contributed by atoms with van der Waals surface area (Å²) in [6, 6.07) is -1.51. The second-order valence-electron chi connectivity index (χ2n) is 6.20. The number of carboxylic acids is 1.